The zero-order valence-corrected chi connectivity index (χ0v) is 23.6. The van der Waals surface area contributed by atoms with Gasteiger partial charge in [0, 0.05) is 11.8 Å². The van der Waals surface area contributed by atoms with Gasteiger partial charge in [-0.05, 0) is 41.2 Å². The van der Waals surface area contributed by atoms with E-state index in [2.05, 4.69) is 10.4 Å². The molecule has 0 aliphatic rings. The number of nitrogens with one attached hydrogen (secondary N) is 1. The number of halogens is 3. The second kappa shape index (κ2) is 13.5. The van der Waals surface area contributed by atoms with Crippen LogP contribution in [-0.2, 0) is 26.3 Å². The molecule has 0 radical (unpaired) electrons. The van der Waals surface area contributed by atoms with Gasteiger partial charge in [0.05, 0.1) is 18.9 Å². The Morgan fingerprint density at radius 3 is 2.36 bits per heavy atom. The fourth-order valence-corrected chi connectivity index (χ4v) is 4.52. The largest absolute Gasteiger partial charge is 0.481 e. The number of ketones is 1. The van der Waals surface area contributed by atoms with Crippen molar-refractivity contribution in [1.82, 2.24) is 15.1 Å². The molecular formula is C30H32F3N3O6. The number of carbonyl (C=O) groups excluding carboxylic acids is 2. The van der Waals surface area contributed by atoms with Gasteiger partial charge >= 0.3 is 5.97 Å². The van der Waals surface area contributed by atoms with E-state index in [4.69, 9.17) is 4.74 Å². The molecule has 0 bridgehead atoms. The summed E-state index contributed by atoms with van der Waals surface area (Å²) in [6.07, 6.45) is 0.624. The first-order valence-electron chi connectivity index (χ1n) is 13.2. The van der Waals surface area contributed by atoms with Crippen molar-refractivity contribution in [3.63, 3.8) is 0 Å². The summed E-state index contributed by atoms with van der Waals surface area (Å²) in [5.41, 5.74) is 1.23. The summed E-state index contributed by atoms with van der Waals surface area (Å²) in [5.74, 6) is -9.87. The minimum Gasteiger partial charge on any atom is -0.481 e. The minimum absolute atomic E-state index is 0.0833. The average molecular weight is 588 g/mol. The molecule has 1 heterocycles. The molecule has 1 aromatic heterocycles. The Kier molecular flexibility index (Phi) is 10.3. The summed E-state index contributed by atoms with van der Waals surface area (Å²) in [6, 6.07) is 8.46. The predicted molar refractivity (Wildman–Crippen MR) is 147 cm³/mol. The highest BCUT2D eigenvalue weighted by molar-refractivity contribution is 5.94. The number of benzene rings is 2. The van der Waals surface area contributed by atoms with E-state index < -0.39 is 71.4 Å². The first kappa shape index (κ1) is 32.0. The molecule has 224 valence electrons. The van der Waals surface area contributed by atoms with Crippen LogP contribution < -0.4 is 15.6 Å². The van der Waals surface area contributed by atoms with Crippen LogP contribution in [0, 0.1) is 17.5 Å². The highest BCUT2D eigenvalue weighted by Gasteiger charge is 2.30. The third kappa shape index (κ3) is 7.62. The van der Waals surface area contributed by atoms with Crippen molar-refractivity contribution in [2.45, 2.75) is 64.5 Å². The Labute approximate surface area is 240 Å². The van der Waals surface area contributed by atoms with Crippen LogP contribution in [0.15, 0.2) is 53.5 Å². The number of nitrogens with zero attached hydrogens (tertiary/aromatic N) is 2. The molecule has 3 rings (SSSR count). The Morgan fingerprint density at radius 2 is 1.71 bits per heavy atom. The normalized spacial score (nSPS) is 12.8. The Hall–Kier alpha value is -4.48. The molecule has 0 saturated carbocycles. The van der Waals surface area contributed by atoms with Gasteiger partial charge in [0.15, 0.2) is 23.2 Å². The van der Waals surface area contributed by atoms with Gasteiger partial charge in [-0.2, -0.15) is 9.49 Å². The number of carbonyl (C=O) groups is 3. The third-order valence-electron chi connectivity index (χ3n) is 6.63. The molecule has 9 nitrogen and oxygen atoms in total. The van der Waals surface area contributed by atoms with Crippen LogP contribution in [0.5, 0.6) is 5.75 Å². The number of amides is 1. The number of aliphatic carboxylic acids is 1. The highest BCUT2D eigenvalue weighted by Crippen LogP contribution is 2.26. The number of hydrogen-bond acceptors (Lipinski definition) is 6. The van der Waals surface area contributed by atoms with E-state index in [1.54, 1.807) is 6.92 Å². The zero-order valence-electron chi connectivity index (χ0n) is 23.6. The standard InChI is InChI=1S/C30H32F3N3O6/c1-5-18(19-12-13-34-36(29(19)41)15-17-8-6-7-9-20(17)30(2,3)4)28(40)35-23(14-25(38)39)24(37)16-42-27-22(32)11-10-21(31)26(27)33/h6-13,18,23H,5,14-16H2,1-4H3,(H,35,40)(H,38,39). The topological polar surface area (TPSA) is 128 Å². The number of ether oxygens (including phenoxy) is 1. The van der Waals surface area contributed by atoms with Gasteiger partial charge in [0.25, 0.3) is 5.56 Å². The minimum atomic E-state index is -1.66. The summed E-state index contributed by atoms with van der Waals surface area (Å²) in [7, 11) is 0. The number of hydrogen-bond donors (Lipinski definition) is 2. The fraction of sp³-hybridized carbons (Fsp3) is 0.367. The highest BCUT2D eigenvalue weighted by atomic mass is 19.2. The van der Waals surface area contributed by atoms with Crippen LogP contribution in [0.2, 0.25) is 0 Å². The Morgan fingerprint density at radius 1 is 1.05 bits per heavy atom. The average Bonchev–Trinajstić information content (AvgIpc) is 2.92. The van der Waals surface area contributed by atoms with E-state index in [0.29, 0.717) is 12.1 Å². The second-order valence-corrected chi connectivity index (χ2v) is 10.7. The summed E-state index contributed by atoms with van der Waals surface area (Å²) in [4.78, 5) is 50.9. The van der Waals surface area contributed by atoms with Gasteiger partial charge in [0.1, 0.15) is 12.6 Å². The molecule has 0 fully saturated rings. The first-order valence-corrected chi connectivity index (χ1v) is 13.2. The number of rotatable bonds is 12. The lowest BCUT2D eigenvalue weighted by Crippen LogP contribution is -2.46. The SMILES string of the molecule is CCC(C(=O)NC(CC(=O)O)C(=O)COc1c(F)ccc(F)c1F)c1ccnn(Cc2ccccc2C(C)(C)C)c1=O. The van der Waals surface area contributed by atoms with Gasteiger partial charge in [-0.15, -0.1) is 0 Å². The molecule has 42 heavy (non-hydrogen) atoms. The van der Waals surface area contributed by atoms with E-state index in [9.17, 15) is 37.5 Å². The van der Waals surface area contributed by atoms with Crippen LogP contribution in [0.1, 0.15) is 63.1 Å². The molecule has 2 N–H and O–H groups in total. The van der Waals surface area contributed by atoms with Crippen molar-refractivity contribution >= 4 is 17.7 Å². The monoisotopic (exact) mass is 587 g/mol. The molecule has 1 amide bonds. The quantitative estimate of drug-likeness (QED) is 0.306. The van der Waals surface area contributed by atoms with Crippen molar-refractivity contribution in [2.24, 2.45) is 0 Å². The maximum atomic E-state index is 13.9. The third-order valence-corrected chi connectivity index (χ3v) is 6.63. The van der Waals surface area contributed by atoms with Crippen molar-refractivity contribution in [2.75, 3.05) is 6.61 Å². The number of carboxylic acids is 1. The van der Waals surface area contributed by atoms with Gasteiger partial charge in [-0.1, -0.05) is 52.0 Å². The van der Waals surface area contributed by atoms with Crippen LogP contribution in [-0.4, -0.2) is 45.2 Å². The van der Waals surface area contributed by atoms with E-state index in [0.717, 1.165) is 11.1 Å². The first-order chi connectivity index (χ1) is 19.7. The lowest BCUT2D eigenvalue weighted by atomic mass is 9.84. The number of aromatic nitrogens is 2. The fourth-order valence-electron chi connectivity index (χ4n) is 4.52. The molecule has 0 saturated heterocycles. The molecule has 2 unspecified atom stereocenters. The van der Waals surface area contributed by atoms with Crippen molar-refractivity contribution in [3.05, 3.63) is 93.2 Å². The molecule has 2 aromatic carbocycles. The number of Topliss-reactive ketones (excluding diaryl/α,β-unsaturated/α-hetero) is 1. The lowest BCUT2D eigenvalue weighted by molar-refractivity contribution is -0.140. The van der Waals surface area contributed by atoms with E-state index in [1.165, 1.54) is 16.9 Å². The number of carboxylic acid groups (broad SMARTS) is 1. The maximum absolute atomic E-state index is 13.9. The molecule has 0 aliphatic heterocycles. The summed E-state index contributed by atoms with van der Waals surface area (Å²) in [6.45, 7) is 6.85. The van der Waals surface area contributed by atoms with Crippen LogP contribution >= 0.6 is 0 Å². The summed E-state index contributed by atoms with van der Waals surface area (Å²) < 4.78 is 47.3. The van der Waals surface area contributed by atoms with Gasteiger partial charge in [0.2, 0.25) is 11.7 Å². The smallest absolute Gasteiger partial charge is 0.305 e. The van der Waals surface area contributed by atoms with Crippen LogP contribution in [0.25, 0.3) is 0 Å². The molecular weight excluding hydrogens is 555 g/mol. The molecule has 2 atom stereocenters. The van der Waals surface area contributed by atoms with E-state index in [1.807, 2.05) is 45.0 Å². The van der Waals surface area contributed by atoms with Crippen molar-refractivity contribution < 1.29 is 37.4 Å². The van der Waals surface area contributed by atoms with E-state index >= 15 is 0 Å². The molecule has 0 spiro atoms. The second-order valence-electron chi connectivity index (χ2n) is 10.7. The Balaban J connectivity index is 1.83. The summed E-state index contributed by atoms with van der Waals surface area (Å²) in [5, 5.41) is 15.8. The zero-order chi connectivity index (χ0) is 31.2. The molecule has 12 heteroatoms. The van der Waals surface area contributed by atoms with Crippen LogP contribution in [0.4, 0.5) is 13.2 Å². The summed E-state index contributed by atoms with van der Waals surface area (Å²) >= 11 is 0. The van der Waals surface area contributed by atoms with Crippen LogP contribution in [0.3, 0.4) is 0 Å². The van der Waals surface area contributed by atoms with Gasteiger partial charge in [-0.3, -0.25) is 19.2 Å². The Bertz CT molecular complexity index is 1530. The van der Waals surface area contributed by atoms with Gasteiger partial charge < -0.3 is 15.2 Å². The van der Waals surface area contributed by atoms with Crippen molar-refractivity contribution in [3.8, 4) is 5.75 Å². The maximum Gasteiger partial charge on any atom is 0.305 e. The molecule has 3 aromatic rings. The van der Waals surface area contributed by atoms with Gasteiger partial charge in [-0.25, -0.2) is 13.5 Å². The molecule has 0 aliphatic carbocycles. The van der Waals surface area contributed by atoms with E-state index in [-0.39, 0.29) is 23.9 Å². The lowest BCUT2D eigenvalue weighted by Gasteiger charge is -2.23. The van der Waals surface area contributed by atoms with Crippen molar-refractivity contribution in [1.29, 1.82) is 0 Å². The predicted octanol–water partition coefficient (Wildman–Crippen LogP) is 4.11.